The molecule has 0 unspecified atom stereocenters. The fourth-order valence-electron chi connectivity index (χ4n) is 1.43. The molecular weight excluding hydrogens is 287 g/mol. The summed E-state index contributed by atoms with van der Waals surface area (Å²) >= 11 is 11.8. The topological polar surface area (TPSA) is 59.1 Å². The summed E-state index contributed by atoms with van der Waals surface area (Å²) in [4.78, 5) is 26.3. The number of benzene rings is 1. The normalized spacial score (nSPS) is 10.0. The van der Waals surface area contributed by atoms with Crippen LogP contribution in [0.25, 0.3) is 0 Å². The van der Waals surface area contributed by atoms with Gasteiger partial charge < -0.3 is 5.32 Å². The van der Waals surface area contributed by atoms with Gasteiger partial charge in [-0.2, -0.15) is 0 Å². The summed E-state index contributed by atoms with van der Waals surface area (Å²) < 4.78 is 0. The van der Waals surface area contributed by atoms with E-state index in [-0.39, 0.29) is 16.0 Å². The van der Waals surface area contributed by atoms with Crippen LogP contribution in [0.5, 0.6) is 0 Å². The molecule has 96 valence electrons. The first-order chi connectivity index (χ1) is 9.11. The molecule has 0 aliphatic rings. The molecular formula is C13H8Cl2N2O2. The molecule has 2 aromatic rings. The standard InChI is InChI=1S/C13H8Cl2N2O2/c14-10-5-16-6-11(15)12(10)17-13(19)9-3-1-8(7-18)2-4-9/h1-7H,(H,16,17,19). The number of pyridine rings is 1. The SMILES string of the molecule is O=Cc1ccc(C(=O)Nc2c(Cl)cncc2Cl)cc1. The molecule has 0 saturated heterocycles. The zero-order valence-corrected chi connectivity index (χ0v) is 11.1. The number of halogens is 2. The number of hydrogen-bond donors (Lipinski definition) is 1. The third kappa shape index (κ3) is 3.10. The highest BCUT2D eigenvalue weighted by Crippen LogP contribution is 2.28. The van der Waals surface area contributed by atoms with Crippen LogP contribution in [0, 0.1) is 0 Å². The number of carbonyl (C=O) groups is 2. The van der Waals surface area contributed by atoms with Gasteiger partial charge in [0.15, 0.2) is 0 Å². The van der Waals surface area contributed by atoms with Gasteiger partial charge in [-0.05, 0) is 12.1 Å². The molecule has 6 heteroatoms. The van der Waals surface area contributed by atoms with Crippen molar-refractivity contribution < 1.29 is 9.59 Å². The van der Waals surface area contributed by atoms with Gasteiger partial charge in [-0.3, -0.25) is 14.6 Å². The maximum atomic E-state index is 12.0. The van der Waals surface area contributed by atoms with Crippen molar-refractivity contribution in [3.05, 3.63) is 57.8 Å². The van der Waals surface area contributed by atoms with Gasteiger partial charge >= 0.3 is 0 Å². The van der Waals surface area contributed by atoms with Crippen molar-refractivity contribution in [2.45, 2.75) is 0 Å². The van der Waals surface area contributed by atoms with E-state index in [9.17, 15) is 9.59 Å². The number of hydrogen-bond acceptors (Lipinski definition) is 3. The van der Waals surface area contributed by atoms with Crippen LogP contribution in [0.2, 0.25) is 10.0 Å². The van der Waals surface area contributed by atoms with Crippen molar-refractivity contribution >= 4 is 41.1 Å². The van der Waals surface area contributed by atoms with E-state index in [0.717, 1.165) is 0 Å². The molecule has 1 aromatic heterocycles. The zero-order valence-electron chi connectivity index (χ0n) is 9.56. The summed E-state index contributed by atoms with van der Waals surface area (Å²) in [5.74, 6) is -0.368. The third-order valence-corrected chi connectivity index (χ3v) is 2.97. The summed E-state index contributed by atoms with van der Waals surface area (Å²) in [5, 5.41) is 3.11. The Morgan fingerprint density at radius 3 is 2.21 bits per heavy atom. The molecule has 4 nitrogen and oxygen atoms in total. The summed E-state index contributed by atoms with van der Waals surface area (Å²) in [7, 11) is 0. The lowest BCUT2D eigenvalue weighted by Crippen LogP contribution is -2.12. The summed E-state index contributed by atoms with van der Waals surface area (Å²) in [6.45, 7) is 0. The van der Waals surface area contributed by atoms with Gasteiger partial charge in [0.25, 0.3) is 5.91 Å². The molecule has 19 heavy (non-hydrogen) atoms. The van der Waals surface area contributed by atoms with Crippen LogP contribution in [0.3, 0.4) is 0 Å². The average molecular weight is 295 g/mol. The van der Waals surface area contributed by atoms with E-state index >= 15 is 0 Å². The molecule has 1 N–H and O–H groups in total. The molecule has 0 aliphatic heterocycles. The van der Waals surface area contributed by atoms with Gasteiger partial charge in [-0.1, -0.05) is 35.3 Å². The quantitative estimate of drug-likeness (QED) is 0.882. The minimum absolute atomic E-state index is 0.255. The number of carbonyl (C=O) groups excluding carboxylic acids is 2. The number of rotatable bonds is 3. The molecule has 1 aromatic carbocycles. The lowest BCUT2D eigenvalue weighted by Gasteiger charge is -2.08. The van der Waals surface area contributed by atoms with E-state index in [4.69, 9.17) is 23.2 Å². The molecule has 2 rings (SSSR count). The predicted molar refractivity (Wildman–Crippen MR) is 74.0 cm³/mol. The Morgan fingerprint density at radius 2 is 1.68 bits per heavy atom. The fourth-order valence-corrected chi connectivity index (χ4v) is 1.89. The fraction of sp³-hybridized carbons (Fsp3) is 0. The summed E-state index contributed by atoms with van der Waals surface area (Å²) in [6, 6.07) is 6.19. The Labute approximate surface area is 119 Å². The van der Waals surface area contributed by atoms with Crippen LogP contribution < -0.4 is 5.32 Å². The molecule has 0 bridgehead atoms. The molecule has 0 saturated carbocycles. The summed E-state index contributed by atoms with van der Waals surface area (Å²) in [6.07, 6.45) is 3.48. The Balaban J connectivity index is 2.23. The van der Waals surface area contributed by atoms with Crippen LogP contribution >= 0.6 is 23.2 Å². The van der Waals surface area contributed by atoms with E-state index in [2.05, 4.69) is 10.3 Å². The molecule has 1 heterocycles. The number of aromatic nitrogens is 1. The van der Waals surface area contributed by atoms with Crippen LogP contribution in [0.15, 0.2) is 36.7 Å². The van der Waals surface area contributed by atoms with Gasteiger partial charge in [0.1, 0.15) is 6.29 Å². The van der Waals surface area contributed by atoms with Crippen LogP contribution in [0.1, 0.15) is 20.7 Å². The van der Waals surface area contributed by atoms with E-state index in [1.54, 1.807) is 24.3 Å². The largest absolute Gasteiger partial charge is 0.319 e. The lowest BCUT2D eigenvalue weighted by atomic mass is 10.1. The predicted octanol–water partition coefficient (Wildman–Crippen LogP) is 3.45. The maximum absolute atomic E-state index is 12.0. The first-order valence-corrected chi connectivity index (χ1v) is 6.03. The molecule has 0 aliphatic carbocycles. The van der Waals surface area contributed by atoms with Crippen molar-refractivity contribution in [1.82, 2.24) is 4.98 Å². The van der Waals surface area contributed by atoms with Gasteiger partial charge in [0.2, 0.25) is 0 Å². The number of nitrogens with one attached hydrogen (secondary N) is 1. The molecule has 0 spiro atoms. The highest BCUT2D eigenvalue weighted by molar-refractivity contribution is 6.39. The number of anilines is 1. The van der Waals surface area contributed by atoms with E-state index in [0.29, 0.717) is 23.1 Å². The van der Waals surface area contributed by atoms with E-state index < -0.39 is 0 Å². The Hall–Kier alpha value is -1.91. The van der Waals surface area contributed by atoms with Gasteiger partial charge in [-0.15, -0.1) is 0 Å². The van der Waals surface area contributed by atoms with Gasteiger partial charge in [0, 0.05) is 23.5 Å². The Bertz CT molecular complexity index is 607. The second-order valence-corrected chi connectivity index (χ2v) is 4.49. The minimum Gasteiger partial charge on any atom is -0.319 e. The van der Waals surface area contributed by atoms with Crippen molar-refractivity contribution in [2.24, 2.45) is 0 Å². The van der Waals surface area contributed by atoms with Crippen molar-refractivity contribution in [3.63, 3.8) is 0 Å². The molecule has 1 amide bonds. The average Bonchev–Trinajstić information content (AvgIpc) is 2.43. The maximum Gasteiger partial charge on any atom is 0.255 e. The number of nitrogens with zero attached hydrogens (tertiary/aromatic N) is 1. The lowest BCUT2D eigenvalue weighted by molar-refractivity contribution is 0.102. The second-order valence-electron chi connectivity index (χ2n) is 3.67. The molecule has 0 fully saturated rings. The zero-order chi connectivity index (χ0) is 13.8. The van der Waals surface area contributed by atoms with Gasteiger partial charge in [0.05, 0.1) is 15.7 Å². The number of amides is 1. The van der Waals surface area contributed by atoms with Crippen LogP contribution in [0.4, 0.5) is 5.69 Å². The second kappa shape index (κ2) is 5.82. The first-order valence-electron chi connectivity index (χ1n) is 5.27. The molecule has 0 atom stereocenters. The Kier molecular flexibility index (Phi) is 4.14. The van der Waals surface area contributed by atoms with E-state index in [1.807, 2.05) is 0 Å². The highest BCUT2D eigenvalue weighted by atomic mass is 35.5. The van der Waals surface area contributed by atoms with Crippen molar-refractivity contribution in [2.75, 3.05) is 5.32 Å². The minimum atomic E-state index is -0.368. The first kappa shape index (κ1) is 13.5. The van der Waals surface area contributed by atoms with Crippen molar-refractivity contribution in [1.29, 1.82) is 0 Å². The van der Waals surface area contributed by atoms with E-state index in [1.165, 1.54) is 12.4 Å². The Morgan fingerprint density at radius 1 is 1.11 bits per heavy atom. The van der Waals surface area contributed by atoms with Crippen LogP contribution in [-0.2, 0) is 0 Å². The van der Waals surface area contributed by atoms with Crippen LogP contribution in [-0.4, -0.2) is 17.2 Å². The smallest absolute Gasteiger partial charge is 0.255 e. The number of aldehydes is 1. The van der Waals surface area contributed by atoms with Crippen molar-refractivity contribution in [3.8, 4) is 0 Å². The summed E-state index contributed by atoms with van der Waals surface area (Å²) in [5.41, 5.74) is 1.20. The van der Waals surface area contributed by atoms with Gasteiger partial charge in [-0.25, -0.2) is 0 Å². The highest BCUT2D eigenvalue weighted by Gasteiger charge is 2.11. The monoisotopic (exact) mass is 294 g/mol. The molecule has 0 radical (unpaired) electrons. The third-order valence-electron chi connectivity index (χ3n) is 2.40.